The smallest absolute Gasteiger partial charge is 0.157 e. The van der Waals surface area contributed by atoms with E-state index in [-0.39, 0.29) is 23.3 Å². The number of ketones is 1. The molecule has 0 fully saturated rings. The number of nitrogens with one attached hydrogen (secondary N) is 1. The van der Waals surface area contributed by atoms with Crippen molar-refractivity contribution in [1.82, 2.24) is 5.32 Å². The monoisotopic (exact) mass is 232 g/mol. The highest BCUT2D eigenvalue weighted by molar-refractivity contribution is 5.91. The summed E-state index contributed by atoms with van der Waals surface area (Å²) < 4.78 is 0. The van der Waals surface area contributed by atoms with Crippen LogP contribution in [0.4, 0.5) is 0 Å². The van der Waals surface area contributed by atoms with Crippen LogP contribution in [-0.2, 0) is 4.79 Å². The molecule has 0 aromatic heterocycles. The van der Waals surface area contributed by atoms with Gasteiger partial charge in [-0.2, -0.15) is 0 Å². The molecule has 0 spiro atoms. The lowest BCUT2D eigenvalue weighted by Gasteiger charge is -2.32. The number of hydrogen-bond donors (Lipinski definition) is 2. The van der Waals surface area contributed by atoms with Gasteiger partial charge in [0.2, 0.25) is 0 Å². The Hall–Kier alpha value is -1.35. The quantitative estimate of drug-likeness (QED) is 0.761. The molecule has 3 N–H and O–H groups in total. The fourth-order valence-corrected chi connectivity index (χ4v) is 2.42. The van der Waals surface area contributed by atoms with Crippen molar-refractivity contribution in [3.8, 4) is 0 Å². The highest BCUT2D eigenvalue weighted by atomic mass is 16.1. The van der Waals surface area contributed by atoms with E-state index in [2.05, 4.69) is 19.2 Å². The van der Waals surface area contributed by atoms with Gasteiger partial charge in [-0.3, -0.25) is 4.79 Å². The third-order valence-electron chi connectivity index (χ3n) is 3.19. The first-order valence-electron chi connectivity index (χ1n) is 6.07. The molecule has 2 aliphatic carbocycles. The van der Waals surface area contributed by atoms with Crippen molar-refractivity contribution >= 4 is 5.78 Å². The van der Waals surface area contributed by atoms with E-state index in [1.54, 1.807) is 6.08 Å². The molecule has 0 saturated heterocycles. The predicted molar refractivity (Wildman–Crippen MR) is 69.3 cm³/mol. The molecule has 0 radical (unpaired) electrons. The van der Waals surface area contributed by atoms with E-state index < -0.39 is 0 Å². The third-order valence-corrected chi connectivity index (χ3v) is 3.19. The van der Waals surface area contributed by atoms with Crippen LogP contribution in [0.25, 0.3) is 0 Å². The van der Waals surface area contributed by atoms with E-state index >= 15 is 0 Å². The van der Waals surface area contributed by atoms with Crippen LogP contribution in [0.5, 0.6) is 0 Å². The van der Waals surface area contributed by atoms with Gasteiger partial charge < -0.3 is 11.1 Å². The molecule has 92 valence electrons. The molecule has 0 bridgehead atoms. The van der Waals surface area contributed by atoms with Gasteiger partial charge in [0.25, 0.3) is 0 Å². The average Bonchev–Trinajstić information content (AvgIpc) is 2.18. The summed E-state index contributed by atoms with van der Waals surface area (Å²) in [5.74, 6) is 0.202. The fourth-order valence-electron chi connectivity index (χ4n) is 2.42. The first-order chi connectivity index (χ1) is 7.96. The van der Waals surface area contributed by atoms with Crippen LogP contribution in [-0.4, -0.2) is 17.9 Å². The van der Waals surface area contributed by atoms with Crippen molar-refractivity contribution in [1.29, 1.82) is 0 Å². The largest absolute Gasteiger partial charge is 0.380 e. The highest BCUT2D eigenvalue weighted by Crippen LogP contribution is 2.32. The summed E-state index contributed by atoms with van der Waals surface area (Å²) in [6, 6.07) is 0.0639. The summed E-state index contributed by atoms with van der Waals surface area (Å²) in [5.41, 5.74) is 7.04. The average molecular weight is 232 g/mol. The molecule has 0 heterocycles. The number of carbonyl (C=O) groups is 1. The molecular weight excluding hydrogens is 212 g/mol. The molecule has 2 unspecified atom stereocenters. The van der Waals surface area contributed by atoms with E-state index in [9.17, 15) is 4.79 Å². The number of allylic oxidation sites excluding steroid dienone is 4. The number of carbonyl (C=O) groups excluding carboxylic acids is 1. The standard InChI is InChI=1S/C14H20N2O/c1-14(2)8-10(7-11(17)9-14)16-13-6-4-3-5-12(13)15/h3-7,12-13,16H,8-9,15H2,1-2H3. The minimum atomic E-state index is -0.0268. The van der Waals surface area contributed by atoms with Crippen molar-refractivity contribution in [3.63, 3.8) is 0 Å². The van der Waals surface area contributed by atoms with Crippen LogP contribution in [0.15, 0.2) is 36.1 Å². The van der Waals surface area contributed by atoms with Gasteiger partial charge in [-0.05, 0) is 11.8 Å². The molecule has 2 atom stereocenters. The van der Waals surface area contributed by atoms with Crippen molar-refractivity contribution in [2.24, 2.45) is 11.1 Å². The SMILES string of the molecule is CC1(C)CC(=O)C=C(NC2C=CC=CC2N)C1. The Morgan fingerprint density at radius 2 is 2.00 bits per heavy atom. The zero-order valence-corrected chi connectivity index (χ0v) is 10.4. The van der Waals surface area contributed by atoms with Crippen molar-refractivity contribution in [2.75, 3.05) is 0 Å². The molecule has 0 aromatic rings. The Kier molecular flexibility index (Phi) is 3.20. The summed E-state index contributed by atoms with van der Waals surface area (Å²) in [5, 5.41) is 3.37. The van der Waals surface area contributed by atoms with Gasteiger partial charge in [0.15, 0.2) is 5.78 Å². The zero-order valence-electron chi connectivity index (χ0n) is 10.4. The lowest BCUT2D eigenvalue weighted by molar-refractivity contribution is -0.117. The normalized spacial score (nSPS) is 31.2. The van der Waals surface area contributed by atoms with Crippen molar-refractivity contribution in [2.45, 2.75) is 38.8 Å². The van der Waals surface area contributed by atoms with Gasteiger partial charge in [0, 0.05) is 24.2 Å². The molecule has 17 heavy (non-hydrogen) atoms. The summed E-state index contributed by atoms with van der Waals surface area (Å²) in [7, 11) is 0. The summed E-state index contributed by atoms with van der Waals surface area (Å²) in [6.45, 7) is 4.24. The molecule has 3 nitrogen and oxygen atoms in total. The summed E-state index contributed by atoms with van der Waals surface area (Å²) in [4.78, 5) is 11.6. The molecule has 0 aliphatic heterocycles. The third kappa shape index (κ3) is 3.07. The Labute approximate surface area is 102 Å². The fraction of sp³-hybridized carbons (Fsp3) is 0.500. The molecule has 0 amide bonds. The lowest BCUT2D eigenvalue weighted by atomic mass is 9.78. The molecule has 2 rings (SSSR count). The second kappa shape index (κ2) is 4.49. The zero-order chi connectivity index (χ0) is 12.5. The second-order valence-corrected chi connectivity index (χ2v) is 5.67. The maximum Gasteiger partial charge on any atom is 0.157 e. The molecule has 3 heteroatoms. The van der Waals surface area contributed by atoms with E-state index in [0.717, 1.165) is 12.1 Å². The molecule has 0 aromatic carbocycles. The van der Waals surface area contributed by atoms with Gasteiger partial charge in [0.1, 0.15) is 0 Å². The van der Waals surface area contributed by atoms with Gasteiger partial charge in [0.05, 0.1) is 6.04 Å². The Morgan fingerprint density at radius 3 is 2.65 bits per heavy atom. The number of hydrogen-bond acceptors (Lipinski definition) is 3. The van der Waals surface area contributed by atoms with Crippen LogP contribution in [0.1, 0.15) is 26.7 Å². The second-order valence-electron chi connectivity index (χ2n) is 5.67. The first kappa shape index (κ1) is 12.1. The molecular formula is C14H20N2O. The van der Waals surface area contributed by atoms with Crippen LogP contribution < -0.4 is 11.1 Å². The maximum atomic E-state index is 11.6. The minimum absolute atomic E-state index is 0.0268. The molecule has 0 saturated carbocycles. The Balaban J connectivity index is 2.06. The van der Waals surface area contributed by atoms with E-state index in [1.807, 2.05) is 24.3 Å². The van der Waals surface area contributed by atoms with Gasteiger partial charge in [-0.25, -0.2) is 0 Å². The topological polar surface area (TPSA) is 55.1 Å². The van der Waals surface area contributed by atoms with Gasteiger partial charge >= 0.3 is 0 Å². The van der Waals surface area contributed by atoms with Crippen LogP contribution in [0.2, 0.25) is 0 Å². The summed E-state index contributed by atoms with van der Waals surface area (Å²) in [6.07, 6.45) is 11.2. The maximum absolute atomic E-state index is 11.6. The van der Waals surface area contributed by atoms with E-state index in [0.29, 0.717) is 6.42 Å². The predicted octanol–water partition coefficient (Wildman–Crippen LogP) is 1.67. The van der Waals surface area contributed by atoms with Crippen molar-refractivity contribution < 1.29 is 4.79 Å². The number of nitrogens with two attached hydrogens (primary N) is 1. The van der Waals surface area contributed by atoms with E-state index in [1.165, 1.54) is 0 Å². The summed E-state index contributed by atoms with van der Waals surface area (Å²) >= 11 is 0. The highest BCUT2D eigenvalue weighted by Gasteiger charge is 2.28. The van der Waals surface area contributed by atoms with E-state index in [4.69, 9.17) is 5.73 Å². The van der Waals surface area contributed by atoms with Crippen LogP contribution >= 0.6 is 0 Å². The minimum Gasteiger partial charge on any atom is -0.380 e. The van der Waals surface area contributed by atoms with Crippen molar-refractivity contribution in [3.05, 3.63) is 36.1 Å². The Morgan fingerprint density at radius 1 is 1.29 bits per heavy atom. The Bertz CT molecular complexity index is 404. The number of rotatable bonds is 2. The lowest BCUT2D eigenvalue weighted by Crippen LogP contribution is -2.44. The van der Waals surface area contributed by atoms with Gasteiger partial charge in [-0.15, -0.1) is 0 Å². The molecule has 2 aliphatic rings. The first-order valence-corrected chi connectivity index (χ1v) is 6.07. The van der Waals surface area contributed by atoms with Gasteiger partial charge in [-0.1, -0.05) is 38.2 Å². The van der Waals surface area contributed by atoms with Crippen LogP contribution in [0.3, 0.4) is 0 Å². The van der Waals surface area contributed by atoms with Crippen LogP contribution in [0, 0.1) is 5.41 Å².